The van der Waals surface area contributed by atoms with Crippen LogP contribution in [0, 0.1) is 0 Å². The fourth-order valence-electron chi connectivity index (χ4n) is 2.49. The number of hydrogen-bond acceptors (Lipinski definition) is 6. The molecule has 0 radical (unpaired) electrons. The highest BCUT2D eigenvalue weighted by Gasteiger charge is 2.09. The van der Waals surface area contributed by atoms with Crippen LogP contribution in [0.1, 0.15) is 5.69 Å². The zero-order valence-electron chi connectivity index (χ0n) is 13.5. The maximum Gasteiger partial charge on any atom is 0.226 e. The summed E-state index contributed by atoms with van der Waals surface area (Å²) in [5, 5.41) is 11.4. The zero-order valence-corrected chi connectivity index (χ0v) is 14.4. The number of hydrogen-bond donors (Lipinski definition) is 0. The first-order valence-electron chi connectivity index (χ1n) is 7.75. The fourth-order valence-corrected chi connectivity index (χ4v) is 3.35. The average molecular weight is 349 g/mol. The van der Waals surface area contributed by atoms with Crippen molar-refractivity contribution in [1.29, 1.82) is 0 Å². The van der Waals surface area contributed by atoms with Crippen molar-refractivity contribution in [2.24, 2.45) is 0 Å². The van der Waals surface area contributed by atoms with E-state index in [1.807, 2.05) is 42.5 Å². The van der Waals surface area contributed by atoms with E-state index in [9.17, 15) is 0 Å². The molecule has 0 aliphatic heterocycles. The van der Waals surface area contributed by atoms with Crippen LogP contribution in [0.15, 0.2) is 70.4 Å². The lowest BCUT2D eigenvalue weighted by molar-refractivity contribution is 0.415. The number of oxazole rings is 1. The maximum absolute atomic E-state index is 5.60. The maximum atomic E-state index is 5.60. The first-order valence-corrected chi connectivity index (χ1v) is 8.74. The second kappa shape index (κ2) is 6.94. The number of ether oxygens (including phenoxy) is 1. The number of rotatable bonds is 5. The minimum atomic E-state index is 0.599. The highest BCUT2D eigenvalue weighted by molar-refractivity contribution is 7.98. The average Bonchev–Trinajstić information content (AvgIpc) is 3.15. The van der Waals surface area contributed by atoms with E-state index < -0.39 is 0 Å². The predicted molar refractivity (Wildman–Crippen MR) is 97.6 cm³/mol. The lowest BCUT2D eigenvalue weighted by atomic mass is 10.2. The summed E-state index contributed by atoms with van der Waals surface area (Å²) >= 11 is 1.60. The molecule has 5 nitrogen and oxygen atoms in total. The molecule has 0 aliphatic carbocycles. The van der Waals surface area contributed by atoms with Gasteiger partial charge in [0.05, 0.1) is 19.0 Å². The monoisotopic (exact) mass is 349 g/mol. The minimum absolute atomic E-state index is 0.599. The van der Waals surface area contributed by atoms with Crippen LogP contribution in [0.4, 0.5) is 0 Å². The Kier molecular flexibility index (Phi) is 4.35. The molecule has 124 valence electrons. The van der Waals surface area contributed by atoms with Gasteiger partial charge in [0.15, 0.2) is 0 Å². The van der Waals surface area contributed by atoms with E-state index in [1.165, 1.54) is 0 Å². The second-order valence-corrected chi connectivity index (χ2v) is 6.36. The molecule has 2 aromatic carbocycles. The summed E-state index contributed by atoms with van der Waals surface area (Å²) < 4.78 is 10.8. The second-order valence-electron chi connectivity index (χ2n) is 5.40. The zero-order chi connectivity index (χ0) is 17.1. The van der Waals surface area contributed by atoms with E-state index in [4.69, 9.17) is 9.15 Å². The fraction of sp³-hybridized carbons (Fsp3) is 0.105. The Hall–Kier alpha value is -2.86. The summed E-state index contributed by atoms with van der Waals surface area (Å²) in [6.45, 7) is 0. The Morgan fingerprint density at radius 3 is 2.76 bits per heavy atom. The van der Waals surface area contributed by atoms with Crippen LogP contribution >= 0.6 is 11.8 Å². The summed E-state index contributed by atoms with van der Waals surface area (Å²) in [6.07, 6.45) is 3.46. The smallest absolute Gasteiger partial charge is 0.226 e. The van der Waals surface area contributed by atoms with Crippen LogP contribution in [0.3, 0.4) is 0 Å². The third kappa shape index (κ3) is 3.34. The van der Waals surface area contributed by atoms with Crippen molar-refractivity contribution >= 4 is 22.5 Å². The van der Waals surface area contributed by atoms with Crippen LogP contribution in [0.25, 0.3) is 22.2 Å². The van der Waals surface area contributed by atoms with E-state index in [0.717, 1.165) is 32.8 Å². The third-order valence-corrected chi connectivity index (χ3v) is 4.80. The lowest BCUT2D eigenvalue weighted by Gasteiger charge is -2.02. The molecule has 0 saturated heterocycles. The van der Waals surface area contributed by atoms with Crippen molar-refractivity contribution in [3.05, 3.63) is 66.7 Å². The van der Waals surface area contributed by atoms with Crippen molar-refractivity contribution in [1.82, 2.24) is 15.2 Å². The molecule has 0 spiro atoms. The first kappa shape index (κ1) is 15.7. The molecule has 0 N–H and O–H groups in total. The molecule has 4 rings (SSSR count). The van der Waals surface area contributed by atoms with Crippen molar-refractivity contribution < 1.29 is 9.15 Å². The van der Waals surface area contributed by atoms with Crippen LogP contribution < -0.4 is 4.74 Å². The minimum Gasteiger partial charge on any atom is -0.497 e. The molecule has 25 heavy (non-hydrogen) atoms. The summed E-state index contributed by atoms with van der Waals surface area (Å²) in [7, 11) is 1.64. The number of thioether (sulfide) groups is 1. The van der Waals surface area contributed by atoms with Gasteiger partial charge in [-0.05, 0) is 24.3 Å². The molecule has 0 aliphatic rings. The van der Waals surface area contributed by atoms with Crippen molar-refractivity contribution in [2.75, 3.05) is 7.11 Å². The third-order valence-electron chi connectivity index (χ3n) is 3.78. The van der Waals surface area contributed by atoms with Crippen LogP contribution in [-0.4, -0.2) is 22.3 Å². The molecule has 6 heteroatoms. The summed E-state index contributed by atoms with van der Waals surface area (Å²) in [4.78, 5) is 4.55. The predicted octanol–water partition coefficient (Wildman–Crippen LogP) is 4.59. The van der Waals surface area contributed by atoms with Gasteiger partial charge in [-0.3, -0.25) is 0 Å². The van der Waals surface area contributed by atoms with Crippen LogP contribution in [0.5, 0.6) is 5.75 Å². The number of nitrogens with zero attached hydrogens (tertiary/aromatic N) is 3. The Balaban J connectivity index is 1.51. The molecule has 0 fully saturated rings. The number of benzene rings is 2. The molecule has 2 heterocycles. The molecule has 2 aromatic heterocycles. The van der Waals surface area contributed by atoms with Gasteiger partial charge in [0.1, 0.15) is 17.0 Å². The van der Waals surface area contributed by atoms with E-state index in [2.05, 4.69) is 21.2 Å². The summed E-state index contributed by atoms with van der Waals surface area (Å²) in [6, 6.07) is 15.7. The van der Waals surface area contributed by atoms with E-state index in [0.29, 0.717) is 11.6 Å². The highest BCUT2D eigenvalue weighted by Crippen LogP contribution is 2.28. The molecule has 4 aromatic rings. The topological polar surface area (TPSA) is 61.0 Å². The highest BCUT2D eigenvalue weighted by atomic mass is 32.2. The molecular weight excluding hydrogens is 334 g/mol. The quantitative estimate of drug-likeness (QED) is 0.491. The van der Waals surface area contributed by atoms with E-state index in [1.54, 1.807) is 31.3 Å². The van der Waals surface area contributed by atoms with Crippen molar-refractivity contribution in [2.45, 2.75) is 10.8 Å². The van der Waals surface area contributed by atoms with Gasteiger partial charge in [-0.1, -0.05) is 36.0 Å². The Morgan fingerprint density at radius 2 is 1.92 bits per heavy atom. The lowest BCUT2D eigenvalue weighted by Crippen LogP contribution is -1.89. The van der Waals surface area contributed by atoms with Gasteiger partial charge in [-0.15, -0.1) is 5.10 Å². The van der Waals surface area contributed by atoms with Gasteiger partial charge in [-0.2, -0.15) is 5.10 Å². The van der Waals surface area contributed by atoms with Crippen molar-refractivity contribution in [3.8, 4) is 17.2 Å². The van der Waals surface area contributed by atoms with Gasteiger partial charge in [0, 0.05) is 22.1 Å². The van der Waals surface area contributed by atoms with Crippen LogP contribution in [-0.2, 0) is 5.75 Å². The van der Waals surface area contributed by atoms with Crippen LogP contribution in [0.2, 0.25) is 0 Å². The van der Waals surface area contributed by atoms with Gasteiger partial charge in [0.2, 0.25) is 5.89 Å². The Labute approximate surface area is 149 Å². The molecule has 0 amide bonds. The normalized spacial score (nSPS) is 10.9. The first-order chi connectivity index (χ1) is 12.3. The van der Waals surface area contributed by atoms with Gasteiger partial charge in [-0.25, -0.2) is 4.98 Å². The van der Waals surface area contributed by atoms with Crippen molar-refractivity contribution in [3.63, 3.8) is 0 Å². The van der Waals surface area contributed by atoms with E-state index in [-0.39, 0.29) is 0 Å². The summed E-state index contributed by atoms with van der Waals surface area (Å²) in [5.41, 5.74) is 1.78. The number of fused-ring (bicyclic) bond motifs is 1. The van der Waals surface area contributed by atoms with Gasteiger partial charge < -0.3 is 9.15 Å². The largest absolute Gasteiger partial charge is 0.497 e. The molecule has 0 atom stereocenters. The van der Waals surface area contributed by atoms with Gasteiger partial charge >= 0.3 is 0 Å². The standard InChI is InChI=1S/C19H15N3O2S/c1-23-16-8-6-13(7-9-16)18-21-15(11-24-18)12-25-19-17-5-3-2-4-14(17)10-20-22-19/h2-11H,12H2,1H3. The molecule has 0 unspecified atom stereocenters. The molecular formula is C19H15N3O2S. The van der Waals surface area contributed by atoms with Gasteiger partial charge in [0.25, 0.3) is 0 Å². The Morgan fingerprint density at radius 1 is 1.08 bits per heavy atom. The number of aromatic nitrogens is 3. The molecule has 0 bridgehead atoms. The SMILES string of the molecule is COc1ccc(-c2nc(CSc3nncc4ccccc34)co2)cc1. The number of methoxy groups -OCH3 is 1. The molecule has 0 saturated carbocycles. The van der Waals surface area contributed by atoms with E-state index >= 15 is 0 Å². The Bertz CT molecular complexity index is 994. The summed E-state index contributed by atoms with van der Waals surface area (Å²) in [5.74, 6) is 2.07.